The molecule has 2 atom stereocenters. The maximum Gasteiger partial charge on any atom is 0.309 e. The summed E-state index contributed by atoms with van der Waals surface area (Å²) in [6.45, 7) is 16.2. The average molecular weight is 282 g/mol. The smallest absolute Gasteiger partial charge is 0.309 e. The van der Waals surface area contributed by atoms with E-state index in [0.29, 0.717) is 5.92 Å². The van der Waals surface area contributed by atoms with Gasteiger partial charge in [0, 0.05) is 0 Å². The lowest BCUT2D eigenvalue weighted by Gasteiger charge is -2.25. The summed E-state index contributed by atoms with van der Waals surface area (Å²) in [6, 6.07) is 0. The molecule has 0 amide bonds. The average Bonchev–Trinajstić information content (AvgIpc) is 2.31. The molecule has 2 heteroatoms. The zero-order valence-electron chi connectivity index (χ0n) is 14.4. The molecule has 0 aromatic heterocycles. The van der Waals surface area contributed by atoms with E-state index in [4.69, 9.17) is 4.74 Å². The number of hydrogen-bond donors (Lipinski definition) is 0. The topological polar surface area (TPSA) is 26.3 Å². The van der Waals surface area contributed by atoms with Crippen molar-refractivity contribution in [2.24, 2.45) is 11.8 Å². The molecule has 0 saturated carbocycles. The van der Waals surface area contributed by atoms with Gasteiger partial charge in [-0.2, -0.15) is 0 Å². The van der Waals surface area contributed by atoms with Crippen LogP contribution in [0, 0.1) is 11.8 Å². The van der Waals surface area contributed by atoms with Gasteiger partial charge >= 0.3 is 5.97 Å². The first-order chi connectivity index (χ1) is 9.17. The van der Waals surface area contributed by atoms with Crippen LogP contribution in [0.25, 0.3) is 0 Å². The van der Waals surface area contributed by atoms with Gasteiger partial charge in [0.1, 0.15) is 5.60 Å². The molecule has 0 heterocycles. The highest BCUT2D eigenvalue weighted by atomic mass is 16.6. The molecule has 0 spiro atoms. The third kappa shape index (κ3) is 9.17. The zero-order valence-corrected chi connectivity index (χ0v) is 14.4. The van der Waals surface area contributed by atoms with Crippen LogP contribution in [0.5, 0.6) is 0 Å². The fraction of sp³-hybridized carbons (Fsp3) is 0.833. The van der Waals surface area contributed by atoms with Crippen LogP contribution in [0.1, 0.15) is 80.1 Å². The van der Waals surface area contributed by atoms with Crippen LogP contribution >= 0.6 is 0 Å². The lowest BCUT2D eigenvalue weighted by atomic mass is 9.88. The maximum atomic E-state index is 12.0. The van der Waals surface area contributed by atoms with Crippen molar-refractivity contribution in [2.75, 3.05) is 0 Å². The lowest BCUT2D eigenvalue weighted by Crippen LogP contribution is -2.30. The summed E-state index contributed by atoms with van der Waals surface area (Å²) in [6.07, 6.45) is 7.08. The third-order valence-corrected chi connectivity index (χ3v) is 3.63. The van der Waals surface area contributed by atoms with Crippen LogP contribution in [0.15, 0.2) is 12.2 Å². The van der Waals surface area contributed by atoms with E-state index in [1.165, 1.54) is 31.3 Å². The molecule has 0 bridgehead atoms. The van der Waals surface area contributed by atoms with Crippen LogP contribution < -0.4 is 0 Å². The second-order valence-corrected chi connectivity index (χ2v) is 7.06. The Morgan fingerprint density at radius 2 is 1.75 bits per heavy atom. The first kappa shape index (κ1) is 19.2. The van der Waals surface area contributed by atoms with Crippen LogP contribution in [0.2, 0.25) is 0 Å². The Labute approximate surface area is 126 Å². The third-order valence-electron chi connectivity index (χ3n) is 3.63. The van der Waals surface area contributed by atoms with E-state index >= 15 is 0 Å². The van der Waals surface area contributed by atoms with Crippen molar-refractivity contribution in [2.45, 2.75) is 85.7 Å². The molecular formula is C18H34O2. The fourth-order valence-corrected chi connectivity index (χ4v) is 2.16. The highest BCUT2D eigenvalue weighted by molar-refractivity contribution is 5.72. The van der Waals surface area contributed by atoms with Gasteiger partial charge in [-0.05, 0) is 46.0 Å². The Balaban J connectivity index is 4.09. The van der Waals surface area contributed by atoms with Gasteiger partial charge in [0.2, 0.25) is 0 Å². The molecule has 20 heavy (non-hydrogen) atoms. The minimum Gasteiger partial charge on any atom is -0.460 e. The van der Waals surface area contributed by atoms with Crippen LogP contribution in [-0.2, 0) is 9.53 Å². The second-order valence-electron chi connectivity index (χ2n) is 7.06. The summed E-state index contributed by atoms with van der Waals surface area (Å²) < 4.78 is 5.45. The van der Waals surface area contributed by atoms with Crippen molar-refractivity contribution < 1.29 is 9.53 Å². The Kier molecular flexibility index (Phi) is 8.84. The summed E-state index contributed by atoms with van der Waals surface area (Å²) in [5.41, 5.74) is 0.867. The van der Waals surface area contributed by atoms with Gasteiger partial charge in [-0.15, -0.1) is 0 Å². The Bertz CT molecular complexity index is 299. The van der Waals surface area contributed by atoms with Crippen molar-refractivity contribution in [1.82, 2.24) is 0 Å². The molecule has 0 N–H and O–H groups in total. The van der Waals surface area contributed by atoms with Crippen molar-refractivity contribution in [3.05, 3.63) is 12.2 Å². The van der Waals surface area contributed by atoms with Gasteiger partial charge in [-0.25, -0.2) is 0 Å². The van der Waals surface area contributed by atoms with Gasteiger partial charge in [-0.3, -0.25) is 4.79 Å². The van der Waals surface area contributed by atoms with Gasteiger partial charge in [0.15, 0.2) is 0 Å². The maximum absolute atomic E-state index is 12.0. The highest BCUT2D eigenvalue weighted by Gasteiger charge is 2.26. The number of carbonyl (C=O) groups is 1. The molecule has 0 saturated heterocycles. The number of esters is 1. The number of unbranched alkanes of at least 4 members (excludes halogenated alkanes) is 3. The standard InChI is InChI=1S/C18H34O2/c1-8-9-10-11-12-14(2)13-15(3)16(4)17(19)20-18(5,6)7/h15-16H,2,8-13H2,1,3-7H3. The van der Waals surface area contributed by atoms with Gasteiger partial charge in [0.05, 0.1) is 5.92 Å². The minimum absolute atomic E-state index is 0.0679. The monoisotopic (exact) mass is 282 g/mol. The summed E-state index contributed by atoms with van der Waals surface area (Å²) in [5, 5.41) is 0. The summed E-state index contributed by atoms with van der Waals surface area (Å²) >= 11 is 0. The van der Waals surface area contributed by atoms with Crippen molar-refractivity contribution in [1.29, 1.82) is 0 Å². The van der Waals surface area contributed by atoms with Crippen LogP contribution in [0.3, 0.4) is 0 Å². The molecule has 0 aliphatic rings. The number of carbonyl (C=O) groups excluding carboxylic acids is 1. The van der Waals surface area contributed by atoms with E-state index < -0.39 is 5.60 Å². The van der Waals surface area contributed by atoms with Crippen LogP contribution in [0.4, 0.5) is 0 Å². The zero-order chi connectivity index (χ0) is 15.8. The predicted molar refractivity (Wildman–Crippen MR) is 86.7 cm³/mol. The molecule has 2 nitrogen and oxygen atoms in total. The normalized spacial score (nSPS) is 14.7. The SMILES string of the molecule is C=C(CCCCCC)CC(C)C(C)C(=O)OC(C)(C)C. The lowest BCUT2D eigenvalue weighted by molar-refractivity contribution is -0.161. The number of hydrogen-bond acceptors (Lipinski definition) is 2. The summed E-state index contributed by atoms with van der Waals surface area (Å²) in [5.74, 6) is 0.133. The molecule has 118 valence electrons. The predicted octanol–water partition coefficient (Wildman–Crippen LogP) is 5.52. The Morgan fingerprint density at radius 1 is 1.15 bits per heavy atom. The number of allylic oxidation sites excluding steroid dienone is 1. The number of rotatable bonds is 9. The van der Waals surface area contributed by atoms with Crippen molar-refractivity contribution in [3.63, 3.8) is 0 Å². The van der Waals surface area contributed by atoms with Gasteiger partial charge < -0.3 is 4.74 Å². The van der Waals surface area contributed by atoms with Crippen LogP contribution in [-0.4, -0.2) is 11.6 Å². The minimum atomic E-state index is -0.401. The number of ether oxygens (including phenoxy) is 1. The molecule has 0 aromatic rings. The molecule has 0 aliphatic heterocycles. The molecule has 0 aliphatic carbocycles. The molecule has 0 radical (unpaired) electrons. The van der Waals surface area contributed by atoms with Gasteiger partial charge in [0.25, 0.3) is 0 Å². The van der Waals surface area contributed by atoms with E-state index in [-0.39, 0.29) is 11.9 Å². The van der Waals surface area contributed by atoms with Crippen molar-refractivity contribution in [3.8, 4) is 0 Å². The van der Waals surface area contributed by atoms with E-state index in [1.807, 2.05) is 27.7 Å². The molecule has 0 aromatic carbocycles. The van der Waals surface area contributed by atoms with E-state index in [1.54, 1.807) is 0 Å². The fourth-order valence-electron chi connectivity index (χ4n) is 2.16. The van der Waals surface area contributed by atoms with E-state index in [9.17, 15) is 4.79 Å². The second kappa shape index (κ2) is 9.20. The van der Waals surface area contributed by atoms with E-state index in [2.05, 4.69) is 20.4 Å². The highest BCUT2D eigenvalue weighted by Crippen LogP contribution is 2.24. The quantitative estimate of drug-likeness (QED) is 0.316. The first-order valence-corrected chi connectivity index (χ1v) is 8.07. The van der Waals surface area contributed by atoms with Crippen molar-refractivity contribution >= 4 is 5.97 Å². The molecule has 2 unspecified atom stereocenters. The summed E-state index contributed by atoms with van der Waals surface area (Å²) in [7, 11) is 0. The largest absolute Gasteiger partial charge is 0.460 e. The van der Waals surface area contributed by atoms with Gasteiger partial charge in [-0.1, -0.05) is 52.2 Å². The summed E-state index contributed by atoms with van der Waals surface area (Å²) in [4.78, 5) is 12.0. The molecule has 0 rings (SSSR count). The van der Waals surface area contributed by atoms with E-state index in [0.717, 1.165) is 12.8 Å². The Hall–Kier alpha value is -0.790. The molecular weight excluding hydrogens is 248 g/mol. The first-order valence-electron chi connectivity index (χ1n) is 8.07. The Morgan fingerprint density at radius 3 is 2.25 bits per heavy atom. The molecule has 0 fully saturated rings.